The molecular weight excluding hydrogens is 378 g/mol. The number of nitriles is 3. The van der Waals surface area contributed by atoms with Crippen molar-refractivity contribution in [2.75, 3.05) is 20.1 Å². The van der Waals surface area contributed by atoms with Crippen LogP contribution in [0, 0.1) is 56.7 Å². The highest BCUT2D eigenvalue weighted by Crippen LogP contribution is 2.52. The molecule has 2 aliphatic rings. The smallest absolute Gasteiger partial charge is 0.189 e. The summed E-state index contributed by atoms with van der Waals surface area (Å²) in [6, 6.07) is 14.0. The lowest BCUT2D eigenvalue weighted by molar-refractivity contribution is -0.878. The number of hydrogen-bond acceptors (Lipinski definition) is 4. The summed E-state index contributed by atoms with van der Waals surface area (Å²) in [7, 11) is 2.06. The van der Waals surface area contributed by atoms with Crippen molar-refractivity contribution in [2.24, 2.45) is 17.3 Å². The maximum Gasteiger partial charge on any atom is 0.189 e. The Kier molecular flexibility index (Phi) is 4.48. The van der Waals surface area contributed by atoms with Crippen LogP contribution in [0.5, 0.6) is 0 Å². The molecule has 6 heteroatoms. The molecule has 1 fully saturated rings. The number of quaternary nitrogens is 1. The molecule has 25 heavy (non-hydrogen) atoms. The van der Waals surface area contributed by atoms with E-state index in [1.54, 1.807) is 0 Å². The predicted molar refractivity (Wildman–Crippen MR) is 95.6 cm³/mol. The number of rotatable bonds is 1. The summed E-state index contributed by atoms with van der Waals surface area (Å²) in [6.07, 6.45) is 2.02. The minimum absolute atomic E-state index is 0.0880. The average Bonchev–Trinajstić information content (AvgIpc) is 2.62. The molecule has 0 saturated heterocycles. The molecule has 5 nitrogen and oxygen atoms in total. The standard InChI is InChI=1S/C19H16BrN5/c1-25-7-6-14-15(8-21)18(24)19(10-22,11-23)17(16(14)9-25)12-2-4-13(20)5-3-12/h2-6,15-17,24H,7,9H2,1H3/p+1/t15?,16-,17+/m0/s1. The predicted octanol–water partition coefficient (Wildman–Crippen LogP) is 1.81. The van der Waals surface area contributed by atoms with E-state index in [0.717, 1.165) is 28.7 Å². The Morgan fingerprint density at radius 2 is 1.84 bits per heavy atom. The van der Waals surface area contributed by atoms with Crippen molar-refractivity contribution in [3.8, 4) is 18.2 Å². The topological polar surface area (TPSA) is 99.7 Å². The first kappa shape index (κ1) is 17.4. The van der Waals surface area contributed by atoms with Crippen LogP contribution in [0.25, 0.3) is 0 Å². The van der Waals surface area contributed by atoms with Crippen LogP contribution in [0.1, 0.15) is 11.5 Å². The second-order valence-corrected chi connectivity index (χ2v) is 7.63. The van der Waals surface area contributed by atoms with Crippen molar-refractivity contribution in [1.29, 1.82) is 21.2 Å². The van der Waals surface area contributed by atoms with E-state index in [1.807, 2.05) is 30.3 Å². The van der Waals surface area contributed by atoms with Gasteiger partial charge in [0.25, 0.3) is 0 Å². The number of benzene rings is 1. The van der Waals surface area contributed by atoms with Crippen molar-refractivity contribution < 1.29 is 4.90 Å². The first-order valence-corrected chi connectivity index (χ1v) is 8.85. The third-order valence-electron chi connectivity index (χ3n) is 5.31. The van der Waals surface area contributed by atoms with Gasteiger partial charge in [0.15, 0.2) is 5.41 Å². The van der Waals surface area contributed by atoms with Gasteiger partial charge in [-0.2, -0.15) is 15.8 Å². The fourth-order valence-electron chi connectivity index (χ4n) is 4.10. The molecule has 4 atom stereocenters. The number of likely N-dealkylation sites (N-methyl/N-ethyl adjacent to an activating group) is 1. The summed E-state index contributed by atoms with van der Waals surface area (Å²) in [5, 5.41) is 38.0. The third-order valence-corrected chi connectivity index (χ3v) is 5.84. The highest BCUT2D eigenvalue weighted by molar-refractivity contribution is 9.10. The molecule has 0 aromatic heterocycles. The fourth-order valence-corrected chi connectivity index (χ4v) is 4.37. The van der Waals surface area contributed by atoms with Gasteiger partial charge in [-0.15, -0.1) is 0 Å². The van der Waals surface area contributed by atoms with Gasteiger partial charge in [0, 0.05) is 16.3 Å². The average molecular weight is 395 g/mol. The minimum Gasteiger partial charge on any atom is -0.334 e. The highest BCUT2D eigenvalue weighted by Gasteiger charge is 2.58. The van der Waals surface area contributed by atoms with Crippen molar-refractivity contribution in [3.05, 3.63) is 46.0 Å². The molecular formula is C19H17BrN5+. The van der Waals surface area contributed by atoms with Gasteiger partial charge in [-0.1, -0.05) is 28.1 Å². The summed E-state index contributed by atoms with van der Waals surface area (Å²) in [6.45, 7) is 1.53. The Morgan fingerprint density at radius 3 is 2.40 bits per heavy atom. The lowest BCUT2D eigenvalue weighted by Gasteiger charge is -2.46. The van der Waals surface area contributed by atoms with Crippen LogP contribution in [0.2, 0.25) is 0 Å². The van der Waals surface area contributed by atoms with E-state index in [0.29, 0.717) is 0 Å². The van der Waals surface area contributed by atoms with Gasteiger partial charge in [-0.25, -0.2) is 0 Å². The molecule has 0 spiro atoms. The van der Waals surface area contributed by atoms with Crippen LogP contribution in [0.4, 0.5) is 0 Å². The van der Waals surface area contributed by atoms with Gasteiger partial charge in [0.05, 0.1) is 44.1 Å². The first-order valence-electron chi connectivity index (χ1n) is 8.06. The highest BCUT2D eigenvalue weighted by atomic mass is 79.9. The normalized spacial score (nSPS) is 30.2. The van der Waals surface area contributed by atoms with Crippen LogP contribution in [-0.2, 0) is 0 Å². The summed E-state index contributed by atoms with van der Waals surface area (Å²) in [4.78, 5) is 1.27. The van der Waals surface area contributed by atoms with Crippen molar-refractivity contribution in [2.45, 2.75) is 5.92 Å². The Labute approximate surface area is 155 Å². The van der Waals surface area contributed by atoms with E-state index in [9.17, 15) is 15.8 Å². The Morgan fingerprint density at radius 1 is 1.20 bits per heavy atom. The molecule has 1 saturated carbocycles. The van der Waals surface area contributed by atoms with Crippen LogP contribution in [0.15, 0.2) is 40.4 Å². The molecule has 1 aliphatic carbocycles. The molecule has 1 aromatic carbocycles. The van der Waals surface area contributed by atoms with Crippen LogP contribution in [0.3, 0.4) is 0 Å². The van der Waals surface area contributed by atoms with Crippen LogP contribution in [-0.4, -0.2) is 25.8 Å². The van der Waals surface area contributed by atoms with Crippen molar-refractivity contribution in [3.63, 3.8) is 0 Å². The molecule has 1 aliphatic heterocycles. The molecule has 3 rings (SSSR count). The van der Waals surface area contributed by atoms with Crippen molar-refractivity contribution in [1.82, 2.24) is 0 Å². The molecule has 1 aromatic rings. The maximum atomic E-state index is 9.91. The quantitative estimate of drug-likeness (QED) is 0.710. The zero-order valence-electron chi connectivity index (χ0n) is 13.8. The monoisotopic (exact) mass is 394 g/mol. The SMILES string of the molecule is C[NH+]1CC=C2C(C#N)C(=N)C(C#N)(C#N)[C@H](c3ccc(Br)cc3)[C@H]2C1. The van der Waals surface area contributed by atoms with E-state index in [-0.39, 0.29) is 11.6 Å². The molecule has 124 valence electrons. The minimum atomic E-state index is -1.62. The number of halogens is 1. The second-order valence-electron chi connectivity index (χ2n) is 6.71. The number of nitrogens with one attached hydrogen (secondary N) is 2. The Bertz CT molecular complexity index is 851. The number of fused-ring (bicyclic) bond motifs is 1. The molecule has 0 amide bonds. The zero-order chi connectivity index (χ0) is 18.2. The lowest BCUT2D eigenvalue weighted by Crippen LogP contribution is -3.10. The third kappa shape index (κ3) is 2.57. The number of nitrogens with zero attached hydrogens (tertiary/aromatic N) is 3. The lowest BCUT2D eigenvalue weighted by atomic mass is 9.54. The van der Waals surface area contributed by atoms with E-state index in [4.69, 9.17) is 5.41 Å². The van der Waals surface area contributed by atoms with Gasteiger partial charge in [0.2, 0.25) is 0 Å². The molecule has 0 radical (unpaired) electrons. The maximum absolute atomic E-state index is 9.91. The van der Waals surface area contributed by atoms with Gasteiger partial charge >= 0.3 is 0 Å². The van der Waals surface area contributed by atoms with Gasteiger partial charge in [0.1, 0.15) is 5.92 Å². The van der Waals surface area contributed by atoms with E-state index in [1.165, 1.54) is 4.90 Å². The Hall–Kier alpha value is -2.46. The van der Waals surface area contributed by atoms with Gasteiger partial charge in [-0.05, 0) is 29.3 Å². The van der Waals surface area contributed by atoms with E-state index < -0.39 is 17.3 Å². The number of hydrogen-bond donors (Lipinski definition) is 2. The van der Waals surface area contributed by atoms with E-state index in [2.05, 4.69) is 41.2 Å². The summed E-state index contributed by atoms with van der Waals surface area (Å²) in [5.74, 6) is -1.34. The summed E-state index contributed by atoms with van der Waals surface area (Å²) in [5.41, 5.74) is 0.0496. The van der Waals surface area contributed by atoms with Crippen molar-refractivity contribution >= 4 is 21.6 Å². The first-order chi connectivity index (χ1) is 12.0. The second kappa shape index (κ2) is 6.45. The fraction of sp³-hybridized carbons (Fsp3) is 0.368. The van der Waals surface area contributed by atoms with Crippen LogP contribution >= 0.6 is 15.9 Å². The van der Waals surface area contributed by atoms with Gasteiger partial charge in [-0.3, -0.25) is 0 Å². The molecule has 1 heterocycles. The molecule has 0 bridgehead atoms. The summed E-state index contributed by atoms with van der Waals surface area (Å²) >= 11 is 3.41. The van der Waals surface area contributed by atoms with Gasteiger partial charge < -0.3 is 10.3 Å². The largest absolute Gasteiger partial charge is 0.334 e. The van der Waals surface area contributed by atoms with E-state index >= 15 is 0 Å². The molecule has 2 unspecified atom stereocenters. The van der Waals surface area contributed by atoms with Crippen LogP contribution < -0.4 is 4.90 Å². The molecule has 2 N–H and O–H groups in total. The zero-order valence-corrected chi connectivity index (χ0v) is 15.3. The summed E-state index contributed by atoms with van der Waals surface area (Å²) < 4.78 is 0.915. The Balaban J connectivity index is 2.25.